The second-order valence-corrected chi connectivity index (χ2v) is 4.87. The van der Waals surface area contributed by atoms with Crippen molar-refractivity contribution in [1.29, 1.82) is 0 Å². The summed E-state index contributed by atoms with van der Waals surface area (Å²) >= 11 is 0. The molecule has 0 heterocycles. The molecule has 0 bridgehead atoms. The minimum atomic E-state index is 0.376. The van der Waals surface area contributed by atoms with Crippen LogP contribution in [0.1, 0.15) is 25.3 Å². The highest BCUT2D eigenvalue weighted by atomic mass is 16.5. The Bertz CT molecular complexity index is 612. The van der Waals surface area contributed by atoms with Crippen LogP contribution in [0.3, 0.4) is 0 Å². The third-order valence-corrected chi connectivity index (χ3v) is 3.63. The molecule has 2 nitrogen and oxygen atoms in total. The fraction of sp³-hybridized carbons (Fsp3) is 0.333. The van der Waals surface area contributed by atoms with Crippen molar-refractivity contribution in [3.05, 3.63) is 42.0 Å². The summed E-state index contributed by atoms with van der Waals surface area (Å²) < 4.78 is 5.42. The van der Waals surface area contributed by atoms with Crippen molar-refractivity contribution in [3.8, 4) is 18.1 Å². The minimum Gasteiger partial charge on any atom is -0.496 e. The molecule has 0 fully saturated rings. The molecule has 20 heavy (non-hydrogen) atoms. The summed E-state index contributed by atoms with van der Waals surface area (Å²) in [5.41, 5.74) is 1.27. The number of methoxy groups -OCH3 is 1. The topological polar surface area (TPSA) is 21.3 Å². The zero-order chi connectivity index (χ0) is 14.4. The Kier molecular flexibility index (Phi) is 5.03. The van der Waals surface area contributed by atoms with Gasteiger partial charge >= 0.3 is 0 Å². The summed E-state index contributed by atoms with van der Waals surface area (Å²) in [7, 11) is 1.71. The highest BCUT2D eigenvalue weighted by molar-refractivity contribution is 5.91. The molecule has 2 aromatic carbocycles. The van der Waals surface area contributed by atoms with E-state index in [0.717, 1.165) is 30.5 Å². The molecule has 104 valence electrons. The van der Waals surface area contributed by atoms with E-state index in [9.17, 15) is 0 Å². The van der Waals surface area contributed by atoms with Crippen LogP contribution in [0.5, 0.6) is 5.75 Å². The average molecular weight is 267 g/mol. The van der Waals surface area contributed by atoms with E-state index in [1.807, 2.05) is 12.1 Å². The van der Waals surface area contributed by atoms with Crippen LogP contribution in [0, 0.1) is 12.3 Å². The van der Waals surface area contributed by atoms with E-state index in [4.69, 9.17) is 11.2 Å². The van der Waals surface area contributed by atoms with Crippen molar-refractivity contribution in [3.63, 3.8) is 0 Å². The van der Waals surface area contributed by atoms with Crippen molar-refractivity contribution < 1.29 is 4.74 Å². The molecule has 0 amide bonds. The first kappa shape index (κ1) is 14.4. The van der Waals surface area contributed by atoms with Gasteiger partial charge in [-0.25, -0.2) is 0 Å². The molecule has 0 saturated heterocycles. The third-order valence-electron chi connectivity index (χ3n) is 3.63. The minimum absolute atomic E-state index is 0.376. The van der Waals surface area contributed by atoms with Crippen LogP contribution in [-0.4, -0.2) is 13.2 Å². The zero-order valence-corrected chi connectivity index (χ0v) is 12.1. The third kappa shape index (κ3) is 3.12. The number of nitrogens with one attached hydrogen (secondary N) is 1. The summed E-state index contributed by atoms with van der Waals surface area (Å²) in [5.74, 6) is 3.64. The summed E-state index contributed by atoms with van der Waals surface area (Å²) in [6.45, 7) is 2.98. The number of rotatable bonds is 6. The normalized spacial score (nSPS) is 12.1. The molecule has 0 aliphatic carbocycles. The fourth-order valence-electron chi connectivity index (χ4n) is 2.42. The van der Waals surface area contributed by atoms with E-state index in [1.54, 1.807) is 7.11 Å². The average Bonchev–Trinajstić information content (AvgIpc) is 2.51. The molecule has 1 atom stereocenters. The molecule has 0 aromatic heterocycles. The number of terminal acetylenes is 1. The van der Waals surface area contributed by atoms with Gasteiger partial charge in [0, 0.05) is 24.4 Å². The van der Waals surface area contributed by atoms with Crippen LogP contribution in [-0.2, 0) is 6.54 Å². The first-order chi connectivity index (χ1) is 9.80. The molecule has 1 N–H and O–H groups in total. The smallest absolute Gasteiger partial charge is 0.126 e. The lowest BCUT2D eigenvalue weighted by atomic mass is 10.0. The van der Waals surface area contributed by atoms with Crippen molar-refractivity contribution >= 4 is 10.8 Å². The van der Waals surface area contributed by atoms with Crippen LogP contribution >= 0.6 is 0 Å². The molecule has 2 rings (SSSR count). The van der Waals surface area contributed by atoms with E-state index in [1.165, 1.54) is 10.9 Å². The van der Waals surface area contributed by atoms with Crippen molar-refractivity contribution in [2.45, 2.75) is 32.4 Å². The molecule has 0 spiro atoms. The first-order valence-corrected chi connectivity index (χ1v) is 7.01. The van der Waals surface area contributed by atoms with E-state index in [-0.39, 0.29) is 0 Å². The summed E-state index contributed by atoms with van der Waals surface area (Å²) in [5, 5.41) is 5.92. The Morgan fingerprint density at radius 2 is 1.95 bits per heavy atom. The van der Waals surface area contributed by atoms with Gasteiger partial charge in [-0.05, 0) is 23.4 Å². The molecular formula is C18H21NO. The Morgan fingerprint density at radius 1 is 1.20 bits per heavy atom. The quantitative estimate of drug-likeness (QED) is 0.805. The molecular weight excluding hydrogens is 246 g/mol. The molecule has 0 radical (unpaired) electrons. The standard InChI is InChI=1S/C18H21NO/c1-4-8-15(5-2)19-13-14-11-12-18(20-3)17-10-7-6-9-16(14)17/h1,6-7,9-12,15,19H,5,8,13H2,2-3H3. The summed E-state index contributed by atoms with van der Waals surface area (Å²) in [6.07, 6.45) is 7.20. The largest absolute Gasteiger partial charge is 0.496 e. The van der Waals surface area contributed by atoms with E-state index in [2.05, 4.69) is 42.4 Å². The fourth-order valence-corrected chi connectivity index (χ4v) is 2.42. The number of hydrogen-bond donors (Lipinski definition) is 1. The summed E-state index contributed by atoms with van der Waals surface area (Å²) in [4.78, 5) is 0. The Morgan fingerprint density at radius 3 is 2.60 bits per heavy atom. The van der Waals surface area contributed by atoms with E-state index < -0.39 is 0 Å². The maximum atomic E-state index is 5.42. The second-order valence-electron chi connectivity index (χ2n) is 4.87. The SMILES string of the molecule is C#CCC(CC)NCc1ccc(OC)c2ccccc12. The lowest BCUT2D eigenvalue weighted by Crippen LogP contribution is -2.27. The van der Waals surface area contributed by atoms with Gasteiger partial charge in [0.05, 0.1) is 7.11 Å². The lowest BCUT2D eigenvalue weighted by Gasteiger charge is -2.16. The van der Waals surface area contributed by atoms with Gasteiger partial charge in [-0.2, -0.15) is 0 Å². The molecule has 2 heteroatoms. The number of fused-ring (bicyclic) bond motifs is 1. The van der Waals surface area contributed by atoms with Crippen LogP contribution in [0.4, 0.5) is 0 Å². The van der Waals surface area contributed by atoms with Gasteiger partial charge in [0.1, 0.15) is 5.75 Å². The molecule has 1 unspecified atom stereocenters. The van der Waals surface area contributed by atoms with Crippen molar-refractivity contribution in [2.75, 3.05) is 7.11 Å². The van der Waals surface area contributed by atoms with Crippen molar-refractivity contribution in [1.82, 2.24) is 5.32 Å². The van der Waals surface area contributed by atoms with Crippen molar-refractivity contribution in [2.24, 2.45) is 0 Å². The van der Waals surface area contributed by atoms with Gasteiger partial charge in [0.2, 0.25) is 0 Å². The van der Waals surface area contributed by atoms with E-state index >= 15 is 0 Å². The number of benzene rings is 2. The highest BCUT2D eigenvalue weighted by Crippen LogP contribution is 2.28. The molecule has 0 saturated carbocycles. The molecule has 2 aromatic rings. The highest BCUT2D eigenvalue weighted by Gasteiger charge is 2.08. The lowest BCUT2D eigenvalue weighted by molar-refractivity contribution is 0.419. The van der Waals surface area contributed by atoms with Crippen LogP contribution in [0.25, 0.3) is 10.8 Å². The van der Waals surface area contributed by atoms with Gasteiger partial charge in [0.25, 0.3) is 0 Å². The maximum absolute atomic E-state index is 5.42. The number of ether oxygens (including phenoxy) is 1. The Balaban J connectivity index is 2.25. The second kappa shape index (κ2) is 6.98. The maximum Gasteiger partial charge on any atom is 0.126 e. The van der Waals surface area contributed by atoms with Gasteiger partial charge in [-0.15, -0.1) is 12.3 Å². The predicted octanol–water partition coefficient (Wildman–Crippen LogP) is 3.74. The van der Waals surface area contributed by atoms with Crippen LogP contribution < -0.4 is 10.1 Å². The van der Waals surface area contributed by atoms with Gasteiger partial charge < -0.3 is 10.1 Å². The molecule has 0 aliphatic heterocycles. The predicted molar refractivity (Wildman–Crippen MR) is 84.9 cm³/mol. The van der Waals surface area contributed by atoms with Gasteiger partial charge in [-0.1, -0.05) is 37.3 Å². The Labute approximate surface area is 121 Å². The monoisotopic (exact) mass is 267 g/mol. The van der Waals surface area contributed by atoms with Gasteiger partial charge in [0.15, 0.2) is 0 Å². The van der Waals surface area contributed by atoms with E-state index in [0.29, 0.717) is 6.04 Å². The Hall–Kier alpha value is -1.98. The van der Waals surface area contributed by atoms with Crippen LogP contribution in [0.2, 0.25) is 0 Å². The first-order valence-electron chi connectivity index (χ1n) is 7.01. The van der Waals surface area contributed by atoms with Crippen LogP contribution in [0.15, 0.2) is 36.4 Å². The van der Waals surface area contributed by atoms with Gasteiger partial charge in [-0.3, -0.25) is 0 Å². The number of hydrogen-bond acceptors (Lipinski definition) is 2. The summed E-state index contributed by atoms with van der Waals surface area (Å²) in [6, 6.07) is 12.9. The zero-order valence-electron chi connectivity index (χ0n) is 12.1. The molecule has 0 aliphatic rings.